The maximum Gasteiger partial charge on any atom is 0.222 e. The largest absolute Gasteiger partial charge is 0.396 e. The number of hydrogen-bond acceptors (Lipinski definition) is 2. The molecule has 0 fully saturated rings. The van der Waals surface area contributed by atoms with Gasteiger partial charge in [0.2, 0.25) is 5.91 Å². The predicted octanol–water partition coefficient (Wildman–Crippen LogP) is 2.32. The molecule has 0 aliphatic heterocycles. The minimum Gasteiger partial charge on any atom is -0.396 e. The number of aliphatic hydroxyl groups excluding tert-OH is 1. The van der Waals surface area contributed by atoms with Crippen LogP contribution >= 0.6 is 15.9 Å². The van der Waals surface area contributed by atoms with Gasteiger partial charge < -0.3 is 10.0 Å². The van der Waals surface area contributed by atoms with E-state index in [4.69, 9.17) is 5.11 Å². The van der Waals surface area contributed by atoms with Crippen LogP contribution in [0.25, 0.3) is 0 Å². The van der Waals surface area contributed by atoms with Crippen molar-refractivity contribution in [3.05, 3.63) is 34.1 Å². The Morgan fingerprint density at radius 2 is 2.24 bits per heavy atom. The lowest BCUT2D eigenvalue weighted by atomic mass is 10.2. The molecular weight excluding hydrogens is 289 g/mol. The van der Waals surface area contributed by atoms with Gasteiger partial charge in [-0.2, -0.15) is 0 Å². The zero-order chi connectivity index (χ0) is 12.8. The smallest absolute Gasteiger partial charge is 0.222 e. The van der Waals surface area contributed by atoms with Gasteiger partial charge in [-0.3, -0.25) is 4.79 Å². The van der Waals surface area contributed by atoms with Crippen molar-refractivity contribution in [1.29, 1.82) is 0 Å². The molecule has 0 unspecified atom stereocenters. The monoisotopic (exact) mass is 303 g/mol. The molecule has 0 saturated carbocycles. The Hall–Kier alpha value is -0.940. The first kappa shape index (κ1) is 14.1. The van der Waals surface area contributed by atoms with Gasteiger partial charge in [0.25, 0.3) is 0 Å². The van der Waals surface area contributed by atoms with E-state index < -0.39 is 0 Å². The molecule has 0 bridgehead atoms. The number of carbonyl (C=O) groups is 1. The van der Waals surface area contributed by atoms with Crippen LogP contribution in [0.3, 0.4) is 0 Å². The van der Waals surface area contributed by atoms with Crippen LogP contribution in [0.15, 0.2) is 22.7 Å². The molecule has 0 heterocycles. The molecule has 1 amide bonds. The standard InChI is InChI=1S/C12H15BrFNO2/c1-15(12(17)3-2-6-16)8-9-7-10(13)4-5-11(9)14/h4-5,7,16H,2-3,6,8H2,1H3. The molecule has 0 radical (unpaired) electrons. The van der Waals surface area contributed by atoms with Gasteiger partial charge >= 0.3 is 0 Å². The second-order valence-electron chi connectivity index (χ2n) is 3.81. The summed E-state index contributed by atoms with van der Waals surface area (Å²) in [5, 5.41) is 8.63. The number of rotatable bonds is 5. The first-order valence-corrected chi connectivity index (χ1v) is 6.12. The quantitative estimate of drug-likeness (QED) is 0.907. The third-order valence-corrected chi connectivity index (χ3v) is 2.88. The Kier molecular flexibility index (Phi) is 5.58. The highest BCUT2D eigenvalue weighted by Gasteiger charge is 2.11. The number of benzene rings is 1. The Balaban J connectivity index is 2.64. The summed E-state index contributed by atoms with van der Waals surface area (Å²) in [6.45, 7) is 0.223. The Bertz CT molecular complexity index is 398. The van der Waals surface area contributed by atoms with Crippen molar-refractivity contribution in [3.63, 3.8) is 0 Å². The van der Waals surface area contributed by atoms with Gasteiger partial charge in [-0.1, -0.05) is 15.9 Å². The first-order valence-electron chi connectivity index (χ1n) is 5.33. The highest BCUT2D eigenvalue weighted by Crippen LogP contribution is 2.17. The van der Waals surface area contributed by atoms with E-state index in [-0.39, 0.29) is 31.3 Å². The van der Waals surface area contributed by atoms with Crippen LogP contribution in [0, 0.1) is 5.82 Å². The highest BCUT2D eigenvalue weighted by atomic mass is 79.9. The molecule has 0 atom stereocenters. The fourth-order valence-corrected chi connectivity index (χ4v) is 1.84. The van der Waals surface area contributed by atoms with Crippen molar-refractivity contribution in [2.45, 2.75) is 19.4 Å². The van der Waals surface area contributed by atoms with E-state index in [2.05, 4.69) is 15.9 Å². The summed E-state index contributed by atoms with van der Waals surface area (Å²) in [5.41, 5.74) is 0.472. The molecule has 1 N–H and O–H groups in total. The zero-order valence-electron chi connectivity index (χ0n) is 9.62. The van der Waals surface area contributed by atoms with E-state index in [1.165, 1.54) is 11.0 Å². The predicted molar refractivity (Wildman–Crippen MR) is 66.9 cm³/mol. The first-order chi connectivity index (χ1) is 8.04. The molecule has 0 aliphatic rings. The van der Waals surface area contributed by atoms with Crippen LogP contribution in [-0.4, -0.2) is 29.6 Å². The molecule has 94 valence electrons. The molecule has 1 aromatic carbocycles. The summed E-state index contributed by atoms with van der Waals surface area (Å²) >= 11 is 3.26. The molecule has 0 spiro atoms. The van der Waals surface area contributed by atoms with Crippen LogP contribution in [0.4, 0.5) is 4.39 Å². The van der Waals surface area contributed by atoms with E-state index in [0.29, 0.717) is 12.0 Å². The van der Waals surface area contributed by atoms with Crippen LogP contribution < -0.4 is 0 Å². The van der Waals surface area contributed by atoms with Gasteiger partial charge in [-0.15, -0.1) is 0 Å². The number of hydrogen-bond donors (Lipinski definition) is 1. The van der Waals surface area contributed by atoms with E-state index >= 15 is 0 Å². The minimum atomic E-state index is -0.324. The fourth-order valence-electron chi connectivity index (χ4n) is 1.43. The lowest BCUT2D eigenvalue weighted by Gasteiger charge is -2.17. The molecule has 1 rings (SSSR count). The summed E-state index contributed by atoms with van der Waals surface area (Å²) in [7, 11) is 1.63. The van der Waals surface area contributed by atoms with Crippen molar-refractivity contribution in [3.8, 4) is 0 Å². The second kappa shape index (κ2) is 6.71. The van der Waals surface area contributed by atoms with Crippen molar-refractivity contribution < 1.29 is 14.3 Å². The number of nitrogens with zero attached hydrogens (tertiary/aromatic N) is 1. The topological polar surface area (TPSA) is 40.5 Å². The number of amides is 1. The van der Waals surface area contributed by atoms with Gasteiger partial charge in [0.15, 0.2) is 0 Å². The van der Waals surface area contributed by atoms with Crippen molar-refractivity contribution in [2.75, 3.05) is 13.7 Å². The SMILES string of the molecule is CN(Cc1cc(Br)ccc1F)C(=O)CCCO. The summed E-state index contributed by atoms with van der Waals surface area (Å²) in [4.78, 5) is 13.0. The van der Waals surface area contributed by atoms with Gasteiger partial charge in [0.1, 0.15) is 5.82 Å². The normalized spacial score (nSPS) is 10.4. The molecule has 3 nitrogen and oxygen atoms in total. The summed E-state index contributed by atoms with van der Waals surface area (Å²) in [5.74, 6) is -0.423. The van der Waals surface area contributed by atoms with Crippen molar-refractivity contribution >= 4 is 21.8 Å². The van der Waals surface area contributed by atoms with Gasteiger partial charge in [-0.25, -0.2) is 4.39 Å². The molecule has 0 saturated heterocycles. The summed E-state index contributed by atoms with van der Waals surface area (Å²) in [6, 6.07) is 4.64. The summed E-state index contributed by atoms with van der Waals surface area (Å²) in [6.07, 6.45) is 0.715. The molecule has 5 heteroatoms. The van der Waals surface area contributed by atoms with Crippen LogP contribution in [0.5, 0.6) is 0 Å². The van der Waals surface area contributed by atoms with Crippen LogP contribution in [0.1, 0.15) is 18.4 Å². The maximum atomic E-state index is 13.4. The number of aliphatic hydroxyl groups is 1. The Morgan fingerprint density at radius 1 is 1.53 bits per heavy atom. The fraction of sp³-hybridized carbons (Fsp3) is 0.417. The Morgan fingerprint density at radius 3 is 2.88 bits per heavy atom. The Labute approximate surface area is 108 Å². The maximum absolute atomic E-state index is 13.4. The molecule has 1 aromatic rings. The second-order valence-corrected chi connectivity index (χ2v) is 4.73. The zero-order valence-corrected chi connectivity index (χ0v) is 11.2. The number of halogens is 2. The van der Waals surface area contributed by atoms with Crippen molar-refractivity contribution in [2.24, 2.45) is 0 Å². The van der Waals surface area contributed by atoms with Crippen LogP contribution in [-0.2, 0) is 11.3 Å². The average molecular weight is 304 g/mol. The third-order valence-electron chi connectivity index (χ3n) is 2.39. The lowest BCUT2D eigenvalue weighted by molar-refractivity contribution is -0.130. The molecule has 0 aliphatic carbocycles. The summed E-state index contributed by atoms with van der Waals surface area (Å²) < 4.78 is 14.2. The third kappa shape index (κ3) is 4.44. The van der Waals surface area contributed by atoms with Gasteiger partial charge in [-0.05, 0) is 24.6 Å². The highest BCUT2D eigenvalue weighted by molar-refractivity contribution is 9.10. The average Bonchev–Trinajstić information content (AvgIpc) is 2.30. The van der Waals surface area contributed by atoms with E-state index in [1.54, 1.807) is 19.2 Å². The minimum absolute atomic E-state index is 0.00910. The van der Waals surface area contributed by atoms with E-state index in [1.807, 2.05) is 0 Å². The van der Waals surface area contributed by atoms with Gasteiger partial charge in [0, 0.05) is 36.7 Å². The lowest BCUT2D eigenvalue weighted by Crippen LogP contribution is -2.26. The molecule has 17 heavy (non-hydrogen) atoms. The van der Waals surface area contributed by atoms with Crippen LogP contribution in [0.2, 0.25) is 0 Å². The molecule has 0 aromatic heterocycles. The molecular formula is C12H15BrFNO2. The number of carbonyl (C=O) groups excluding carboxylic acids is 1. The van der Waals surface area contributed by atoms with E-state index in [0.717, 1.165) is 4.47 Å². The van der Waals surface area contributed by atoms with E-state index in [9.17, 15) is 9.18 Å². The van der Waals surface area contributed by atoms with Gasteiger partial charge in [0.05, 0.1) is 0 Å². The van der Waals surface area contributed by atoms with Crippen molar-refractivity contribution in [1.82, 2.24) is 4.90 Å².